The van der Waals surface area contributed by atoms with Crippen LogP contribution in [0.4, 0.5) is 0 Å². The fourth-order valence-electron chi connectivity index (χ4n) is 0. The molecule has 0 radical (unpaired) electrons. The van der Waals surface area contributed by atoms with Crippen LogP contribution in [0.25, 0.3) is 0 Å². The Hall–Kier alpha value is 0.0249. The maximum Gasteiger partial charge on any atom is 0.0814 e. The maximum atomic E-state index is 5.92. The minimum absolute atomic E-state index is 1.42. The zero-order valence-electron chi connectivity index (χ0n) is 7.02. The second-order valence-electron chi connectivity index (χ2n) is 1.34. The van der Waals surface area contributed by atoms with Crippen LogP contribution >= 0.6 is 0 Å². The van der Waals surface area contributed by atoms with Crippen molar-refractivity contribution in [2.24, 2.45) is 0 Å². The molecule has 0 aliphatic rings. The minimum atomic E-state index is -1.42. The molecule has 0 aromatic heterocycles. The molecule has 0 bridgehead atoms. The Labute approximate surface area is 39.6 Å². The van der Waals surface area contributed by atoms with E-state index in [1.54, 1.807) is 0 Å². The molecule has 0 amide bonds. The Morgan fingerprint density at radius 1 is 1.60 bits per heavy atom. The molecule has 0 heterocycles. The maximum absolute atomic E-state index is 5.92. The van der Waals surface area contributed by atoms with Gasteiger partial charge in [-0.3, -0.25) is 0 Å². The first-order valence-corrected chi connectivity index (χ1v) is 1.34. The van der Waals surface area contributed by atoms with Crippen molar-refractivity contribution in [3.63, 3.8) is 0 Å². The van der Waals surface area contributed by atoms with Gasteiger partial charge in [-0.05, 0) is 25.2 Å². The van der Waals surface area contributed by atoms with Gasteiger partial charge < -0.3 is 4.90 Å². The Bertz CT molecular complexity index is 30.0. The third-order valence-corrected chi connectivity index (χ3v) is 0. The van der Waals surface area contributed by atoms with E-state index in [-0.39, 0.29) is 0 Å². The molecule has 1 nitrogen and oxygen atoms in total. The second-order valence-corrected chi connectivity index (χ2v) is 1.34. The number of nitrogens with zero attached hydrogens (tertiary/aromatic N) is 1. The molecule has 32 valence electrons. The molecule has 0 saturated heterocycles. The molecular formula is C3H12BN. The molecule has 2 heteroatoms. The fourth-order valence-corrected chi connectivity index (χ4v) is 0. The Morgan fingerprint density at radius 2 is 1.60 bits per heavy atom. The summed E-state index contributed by atoms with van der Waals surface area (Å²) in [7, 11) is 4.58. The van der Waals surface area contributed by atoms with Crippen molar-refractivity contribution >= 4 is 8.30 Å². The van der Waals surface area contributed by atoms with Crippen molar-refractivity contribution in [1.82, 2.24) is 4.90 Å². The van der Waals surface area contributed by atoms with Crippen molar-refractivity contribution in [1.29, 1.82) is 4.01 Å². The molecule has 0 aliphatic heterocycles. The van der Waals surface area contributed by atoms with Crippen LogP contribution in [0.1, 0.15) is 0 Å². The lowest BCUT2D eigenvalue weighted by atomic mass is 10.8. The van der Waals surface area contributed by atoms with E-state index in [2.05, 4.69) is 0 Å². The lowest BCUT2D eigenvalue weighted by molar-refractivity contribution is 0.505. The molecule has 0 unspecified atom stereocenters. The molecule has 0 spiro atoms. The zero-order valence-corrected chi connectivity index (χ0v) is 4.02. The first-order chi connectivity index (χ1) is 3.46. The number of hydrogen-bond acceptors (Lipinski definition) is 1. The lowest BCUT2D eigenvalue weighted by Crippen LogP contribution is -1.99. The summed E-state index contributed by atoms with van der Waals surface area (Å²) in [5.74, 6) is 0. The Balaban J connectivity index is 0. The molecule has 5 heavy (non-hydrogen) atoms. The lowest BCUT2D eigenvalue weighted by Gasteiger charge is -1.90. The van der Waals surface area contributed by atoms with Crippen molar-refractivity contribution in [3.8, 4) is 0 Å². The van der Waals surface area contributed by atoms with Gasteiger partial charge >= 0.3 is 0 Å². The largest absolute Gasteiger partial charge is 0.312 e. The monoisotopic (exact) mass is 76.1 g/mol. The average molecular weight is 76.0 g/mol. The van der Waals surface area contributed by atoms with Gasteiger partial charge in [-0.25, -0.2) is 0 Å². The number of rotatable bonds is 0. The highest BCUT2D eigenvalue weighted by atomic mass is 15.0. The highest BCUT2D eigenvalue weighted by Crippen LogP contribution is 1.47. The molecule has 0 aromatic rings. The summed E-state index contributed by atoms with van der Waals surface area (Å²) in [6.07, 6.45) is 0. The Kier molecular flexibility index (Phi) is 1.81. The van der Waals surface area contributed by atoms with Crippen LogP contribution in [-0.4, -0.2) is 38.4 Å². The topological polar surface area (TPSA) is 3.24 Å². The predicted octanol–water partition coefficient (Wildman–Crippen LogP) is -1.01. The summed E-state index contributed by atoms with van der Waals surface area (Å²) >= 11 is 0. The van der Waals surface area contributed by atoms with Gasteiger partial charge in [0, 0.05) is 0 Å². The van der Waals surface area contributed by atoms with E-state index in [0.29, 0.717) is 0 Å². The summed E-state index contributed by atoms with van der Waals surface area (Å²) in [5, 5.41) is 0. The van der Waals surface area contributed by atoms with Crippen LogP contribution in [0.3, 0.4) is 0 Å². The zero-order chi connectivity index (χ0) is 7.15. The SMILES string of the molecule is CN(C)C.[2H]B([2H])[2H]. The Morgan fingerprint density at radius 3 is 1.60 bits per heavy atom. The van der Waals surface area contributed by atoms with E-state index in [4.69, 9.17) is 4.01 Å². The van der Waals surface area contributed by atoms with Gasteiger partial charge in [0.05, 0.1) is 8.30 Å². The smallest absolute Gasteiger partial charge is 0.0814 e. The molecule has 0 atom stereocenters. The van der Waals surface area contributed by atoms with Gasteiger partial charge in [0.15, 0.2) is 0 Å². The van der Waals surface area contributed by atoms with Gasteiger partial charge in [0.25, 0.3) is 0 Å². The summed E-state index contributed by atoms with van der Waals surface area (Å²) in [4.78, 5) is 2.00. The van der Waals surface area contributed by atoms with Crippen molar-refractivity contribution in [3.05, 3.63) is 0 Å². The van der Waals surface area contributed by atoms with E-state index in [0.717, 1.165) is 0 Å². The summed E-state index contributed by atoms with van der Waals surface area (Å²) < 4.78 is 17.8. The third-order valence-electron chi connectivity index (χ3n) is 0. The van der Waals surface area contributed by atoms with E-state index in [9.17, 15) is 0 Å². The van der Waals surface area contributed by atoms with Crippen LogP contribution in [0.2, 0.25) is 0 Å². The van der Waals surface area contributed by atoms with Crippen LogP contribution in [0.15, 0.2) is 0 Å². The van der Waals surface area contributed by atoms with Crippen molar-refractivity contribution in [2.75, 3.05) is 21.1 Å². The third kappa shape index (κ3) is 26500. The number of hydrogen-bond donors (Lipinski definition) is 0. The van der Waals surface area contributed by atoms with E-state index in [1.807, 2.05) is 26.0 Å². The second kappa shape index (κ2) is 4.02. The van der Waals surface area contributed by atoms with Crippen LogP contribution in [-0.2, 0) is 0 Å². The van der Waals surface area contributed by atoms with Crippen molar-refractivity contribution < 1.29 is 0 Å². The van der Waals surface area contributed by atoms with Gasteiger partial charge in [0.2, 0.25) is 0 Å². The standard InChI is InChI=1S/C3H9N.BH3/c1-4(2)3;/h1-3H3;1H3/i;1D3. The molecule has 0 fully saturated rings. The molecule has 0 saturated carbocycles. The average Bonchev–Trinajstić information content (AvgIpc) is 1.25. The first-order valence-electron chi connectivity index (χ1n) is 3.07. The quantitative estimate of drug-likeness (QED) is 0.334. The highest BCUT2D eigenvalue weighted by molar-refractivity contribution is 5.75. The molecule has 0 aromatic carbocycles. The highest BCUT2D eigenvalue weighted by Gasteiger charge is 1.58. The van der Waals surface area contributed by atoms with E-state index in [1.165, 1.54) is 0 Å². The summed E-state index contributed by atoms with van der Waals surface area (Å²) in [5.41, 5.74) is 0. The van der Waals surface area contributed by atoms with E-state index >= 15 is 0 Å². The minimum Gasteiger partial charge on any atom is -0.312 e. The molecular weight excluding hydrogens is 60.9 g/mol. The fraction of sp³-hybridized carbons (Fsp3) is 1.00. The van der Waals surface area contributed by atoms with Crippen LogP contribution < -0.4 is 0 Å². The summed E-state index contributed by atoms with van der Waals surface area (Å²) in [6, 6.07) is 0. The molecule has 0 rings (SSSR count). The van der Waals surface area contributed by atoms with Crippen LogP contribution in [0.5, 0.6) is 0 Å². The van der Waals surface area contributed by atoms with Gasteiger partial charge in [0.1, 0.15) is 0 Å². The van der Waals surface area contributed by atoms with Gasteiger partial charge in [-0.15, -0.1) is 0 Å². The molecule has 0 aliphatic carbocycles. The van der Waals surface area contributed by atoms with Crippen molar-refractivity contribution in [2.45, 2.75) is 0 Å². The van der Waals surface area contributed by atoms with E-state index < -0.39 is 8.30 Å². The van der Waals surface area contributed by atoms with Gasteiger partial charge in [-0.2, -0.15) is 0 Å². The summed E-state index contributed by atoms with van der Waals surface area (Å²) in [6.45, 7) is 0. The van der Waals surface area contributed by atoms with Gasteiger partial charge in [-0.1, -0.05) is 0 Å². The normalized spacial score (nSPS) is 13.2. The van der Waals surface area contributed by atoms with Crippen LogP contribution in [0, 0.1) is 0 Å². The molecule has 0 N–H and O–H groups in total. The predicted molar refractivity (Wildman–Crippen MR) is 29.5 cm³/mol. The first kappa shape index (κ1) is 2.24.